The lowest BCUT2D eigenvalue weighted by Crippen LogP contribution is -2.32. The number of nitrogen functional groups attached to an aromatic ring is 1. The number of hydrogen-bond acceptors (Lipinski definition) is 4. The normalized spacial score (nSPS) is 10.8. The Morgan fingerprint density at radius 2 is 2.14 bits per heavy atom. The van der Waals surface area contributed by atoms with E-state index < -0.39 is 7.12 Å². The number of thiophene rings is 1. The highest BCUT2D eigenvalue weighted by atomic mass is 32.1. The van der Waals surface area contributed by atoms with Gasteiger partial charge in [0, 0.05) is 15.8 Å². The van der Waals surface area contributed by atoms with E-state index in [1.807, 2.05) is 18.4 Å². The predicted molar refractivity (Wildman–Crippen MR) is 60.8 cm³/mol. The second-order valence-electron chi connectivity index (χ2n) is 3.22. The van der Waals surface area contributed by atoms with Gasteiger partial charge in [0.25, 0.3) is 0 Å². The van der Waals surface area contributed by atoms with Crippen molar-refractivity contribution in [3.05, 3.63) is 23.1 Å². The van der Waals surface area contributed by atoms with E-state index >= 15 is 0 Å². The molecule has 14 heavy (non-hydrogen) atoms. The zero-order valence-corrected chi connectivity index (χ0v) is 8.51. The van der Waals surface area contributed by atoms with Crippen LogP contribution in [0.1, 0.15) is 5.56 Å². The topological polar surface area (TPSA) is 66.5 Å². The maximum atomic E-state index is 9.13. The summed E-state index contributed by atoms with van der Waals surface area (Å²) in [5.41, 5.74) is 7.76. The van der Waals surface area contributed by atoms with E-state index in [2.05, 4.69) is 0 Å². The summed E-state index contributed by atoms with van der Waals surface area (Å²) in [4.78, 5) is 0. The molecule has 4 N–H and O–H groups in total. The quantitative estimate of drug-likeness (QED) is 0.470. The summed E-state index contributed by atoms with van der Waals surface area (Å²) in [6.07, 6.45) is 0. The Bertz CT molecular complexity index is 481. The van der Waals surface area contributed by atoms with Crippen molar-refractivity contribution in [3.63, 3.8) is 0 Å². The van der Waals surface area contributed by atoms with Gasteiger partial charge >= 0.3 is 7.12 Å². The second-order valence-corrected chi connectivity index (χ2v) is 4.13. The minimum atomic E-state index is -1.45. The third-order valence-corrected chi connectivity index (χ3v) is 3.37. The highest BCUT2D eigenvalue weighted by Gasteiger charge is 2.17. The molecule has 5 heteroatoms. The largest absolute Gasteiger partial charge is 0.488 e. The molecule has 0 bridgehead atoms. The zero-order valence-electron chi connectivity index (χ0n) is 7.69. The molecule has 2 aromatic rings. The summed E-state index contributed by atoms with van der Waals surface area (Å²) in [7, 11) is -1.45. The van der Waals surface area contributed by atoms with Gasteiger partial charge in [0.1, 0.15) is 0 Å². The first-order valence-corrected chi connectivity index (χ1v) is 5.11. The Labute approximate surface area is 85.9 Å². The SMILES string of the molecule is Cc1c(B(O)O)cc(N)c2ccsc12. The van der Waals surface area contributed by atoms with E-state index in [-0.39, 0.29) is 0 Å². The zero-order chi connectivity index (χ0) is 10.3. The fourth-order valence-corrected chi connectivity index (χ4v) is 2.53. The molecule has 0 saturated carbocycles. The van der Waals surface area contributed by atoms with Crippen molar-refractivity contribution in [2.75, 3.05) is 5.73 Å². The van der Waals surface area contributed by atoms with Gasteiger partial charge in [-0.15, -0.1) is 11.3 Å². The van der Waals surface area contributed by atoms with Gasteiger partial charge in [-0.25, -0.2) is 0 Å². The average Bonchev–Trinajstić information content (AvgIpc) is 2.59. The number of aryl methyl sites for hydroxylation is 1. The molecular formula is C9H10BNO2S. The molecule has 0 aliphatic carbocycles. The number of fused-ring (bicyclic) bond motifs is 1. The van der Waals surface area contributed by atoms with E-state index in [0.717, 1.165) is 15.6 Å². The highest BCUT2D eigenvalue weighted by Crippen LogP contribution is 2.28. The van der Waals surface area contributed by atoms with Crippen LogP contribution in [0.2, 0.25) is 0 Å². The monoisotopic (exact) mass is 207 g/mol. The summed E-state index contributed by atoms with van der Waals surface area (Å²) < 4.78 is 1.02. The number of hydrogen-bond donors (Lipinski definition) is 3. The highest BCUT2D eigenvalue weighted by molar-refractivity contribution is 7.17. The van der Waals surface area contributed by atoms with Gasteiger partial charge in [-0.2, -0.15) is 0 Å². The van der Waals surface area contributed by atoms with Crippen LogP contribution in [0.25, 0.3) is 10.1 Å². The lowest BCUT2D eigenvalue weighted by molar-refractivity contribution is 0.425. The van der Waals surface area contributed by atoms with Crippen LogP contribution in [-0.2, 0) is 0 Å². The Hall–Kier alpha value is -1.04. The van der Waals surface area contributed by atoms with Gasteiger partial charge < -0.3 is 15.8 Å². The van der Waals surface area contributed by atoms with Crippen LogP contribution in [0.3, 0.4) is 0 Å². The molecule has 0 radical (unpaired) electrons. The molecule has 0 amide bonds. The second kappa shape index (κ2) is 3.27. The maximum absolute atomic E-state index is 9.13. The van der Waals surface area contributed by atoms with Gasteiger partial charge in [-0.1, -0.05) is 0 Å². The van der Waals surface area contributed by atoms with E-state index in [9.17, 15) is 0 Å². The van der Waals surface area contributed by atoms with Crippen LogP contribution in [-0.4, -0.2) is 17.2 Å². The minimum absolute atomic E-state index is 0.484. The van der Waals surface area contributed by atoms with Gasteiger partial charge in [-0.3, -0.25) is 0 Å². The summed E-state index contributed by atoms with van der Waals surface area (Å²) in [5, 5.41) is 21.2. The number of anilines is 1. The maximum Gasteiger partial charge on any atom is 0.488 e. The molecule has 1 aromatic heterocycles. The van der Waals surface area contributed by atoms with Crippen molar-refractivity contribution >= 4 is 39.7 Å². The van der Waals surface area contributed by atoms with Crippen LogP contribution >= 0.6 is 11.3 Å². The van der Waals surface area contributed by atoms with Crippen molar-refractivity contribution in [3.8, 4) is 0 Å². The van der Waals surface area contributed by atoms with Gasteiger partial charge in [-0.05, 0) is 35.5 Å². The van der Waals surface area contributed by atoms with E-state index in [0.29, 0.717) is 11.2 Å². The van der Waals surface area contributed by atoms with Crippen molar-refractivity contribution in [2.24, 2.45) is 0 Å². The molecule has 2 rings (SSSR count). The molecular weight excluding hydrogens is 197 g/mol. The van der Waals surface area contributed by atoms with Crippen LogP contribution in [0, 0.1) is 6.92 Å². The molecule has 0 saturated heterocycles. The predicted octanol–water partition coefficient (Wildman–Crippen LogP) is 0.472. The average molecular weight is 207 g/mol. The lowest BCUT2D eigenvalue weighted by atomic mass is 9.76. The molecule has 0 unspecified atom stereocenters. The Kier molecular flexibility index (Phi) is 2.22. The van der Waals surface area contributed by atoms with Crippen molar-refractivity contribution < 1.29 is 10.0 Å². The molecule has 0 aliphatic rings. The molecule has 1 aromatic carbocycles. The molecule has 1 heterocycles. The van der Waals surface area contributed by atoms with Crippen LogP contribution in [0.4, 0.5) is 5.69 Å². The Morgan fingerprint density at radius 3 is 2.79 bits per heavy atom. The lowest BCUT2D eigenvalue weighted by Gasteiger charge is -2.07. The molecule has 72 valence electrons. The first-order valence-electron chi connectivity index (χ1n) is 4.23. The first kappa shape index (κ1) is 9.52. The Morgan fingerprint density at radius 1 is 1.43 bits per heavy atom. The summed E-state index contributed by atoms with van der Waals surface area (Å²) >= 11 is 1.56. The molecule has 3 nitrogen and oxygen atoms in total. The molecule has 0 aliphatic heterocycles. The molecule has 0 fully saturated rings. The summed E-state index contributed by atoms with van der Waals surface area (Å²) in [5.74, 6) is 0. The van der Waals surface area contributed by atoms with Crippen LogP contribution < -0.4 is 11.2 Å². The standard InChI is InChI=1S/C9H10BNO2S/c1-5-7(10(12)13)4-8(11)6-2-3-14-9(5)6/h2-4,12-13H,11H2,1H3. The fourth-order valence-electron chi connectivity index (χ4n) is 1.58. The van der Waals surface area contributed by atoms with Gasteiger partial charge in [0.15, 0.2) is 0 Å². The van der Waals surface area contributed by atoms with Gasteiger partial charge in [0.2, 0.25) is 0 Å². The third kappa shape index (κ3) is 1.30. The first-order chi connectivity index (χ1) is 6.61. The molecule has 0 atom stereocenters. The van der Waals surface area contributed by atoms with Crippen LogP contribution in [0.15, 0.2) is 17.5 Å². The van der Waals surface area contributed by atoms with Crippen molar-refractivity contribution in [1.29, 1.82) is 0 Å². The third-order valence-electron chi connectivity index (χ3n) is 2.34. The summed E-state index contributed by atoms with van der Waals surface area (Å²) in [6, 6.07) is 3.56. The smallest absolute Gasteiger partial charge is 0.423 e. The van der Waals surface area contributed by atoms with E-state index in [1.165, 1.54) is 0 Å². The number of rotatable bonds is 1. The van der Waals surface area contributed by atoms with E-state index in [1.54, 1.807) is 17.4 Å². The number of nitrogens with two attached hydrogens (primary N) is 1. The number of benzene rings is 1. The van der Waals surface area contributed by atoms with Gasteiger partial charge in [0.05, 0.1) is 0 Å². The van der Waals surface area contributed by atoms with E-state index in [4.69, 9.17) is 15.8 Å². The molecule has 0 spiro atoms. The Balaban J connectivity index is 2.82. The fraction of sp³-hybridized carbons (Fsp3) is 0.111. The van der Waals surface area contributed by atoms with Crippen molar-refractivity contribution in [2.45, 2.75) is 6.92 Å². The minimum Gasteiger partial charge on any atom is -0.423 e. The summed E-state index contributed by atoms with van der Waals surface area (Å²) in [6.45, 7) is 1.87. The van der Waals surface area contributed by atoms with Crippen LogP contribution in [0.5, 0.6) is 0 Å². The van der Waals surface area contributed by atoms with Crippen molar-refractivity contribution in [1.82, 2.24) is 0 Å².